The van der Waals surface area contributed by atoms with Gasteiger partial charge in [0.1, 0.15) is 9.96 Å². The van der Waals surface area contributed by atoms with Crippen LogP contribution in [0.4, 0.5) is 0 Å². The van der Waals surface area contributed by atoms with Crippen LogP contribution in [0.2, 0.25) is 0 Å². The maximum absolute atomic E-state index is 11.7. The molecule has 0 aliphatic rings. The molecule has 0 amide bonds. The van der Waals surface area contributed by atoms with Gasteiger partial charge in [0.15, 0.2) is 15.6 Å². The first-order valence-corrected chi connectivity index (χ1v) is 6.96. The number of carbonyl (C=O) groups is 1. The molecule has 2 aromatic heterocycles. The Bertz CT molecular complexity index is 564. The first-order chi connectivity index (χ1) is 7.59. The van der Waals surface area contributed by atoms with Crippen LogP contribution >= 0.6 is 11.3 Å². The molecule has 0 aliphatic carbocycles. The molecule has 0 aliphatic heterocycles. The lowest BCUT2D eigenvalue weighted by Crippen LogP contribution is -2.14. The molecule has 0 spiro atoms. The van der Waals surface area contributed by atoms with Crippen LogP contribution in [0.3, 0.4) is 0 Å². The van der Waals surface area contributed by atoms with Gasteiger partial charge in [-0.15, -0.1) is 11.3 Å². The van der Waals surface area contributed by atoms with Gasteiger partial charge in [0.05, 0.1) is 6.26 Å². The van der Waals surface area contributed by atoms with E-state index in [1.54, 1.807) is 17.5 Å². The Morgan fingerprint density at radius 2 is 2.12 bits per heavy atom. The third-order valence-corrected chi connectivity index (χ3v) is 5.02. The summed E-state index contributed by atoms with van der Waals surface area (Å²) in [6, 6.07) is 6.11. The van der Waals surface area contributed by atoms with Crippen LogP contribution in [0.15, 0.2) is 44.5 Å². The second kappa shape index (κ2) is 4.23. The van der Waals surface area contributed by atoms with E-state index in [0.717, 1.165) is 11.3 Å². The van der Waals surface area contributed by atoms with Crippen molar-refractivity contribution in [2.45, 2.75) is 4.21 Å². The van der Waals surface area contributed by atoms with Crippen molar-refractivity contribution >= 4 is 27.0 Å². The van der Waals surface area contributed by atoms with Crippen LogP contribution in [-0.2, 0) is 9.84 Å². The fourth-order valence-corrected chi connectivity index (χ4v) is 3.49. The highest BCUT2D eigenvalue weighted by atomic mass is 32.2. The summed E-state index contributed by atoms with van der Waals surface area (Å²) in [4.78, 5) is 11.5. The largest absolute Gasteiger partial charge is 0.461 e. The molecule has 0 aromatic carbocycles. The van der Waals surface area contributed by atoms with Gasteiger partial charge in [-0.2, -0.15) is 0 Å². The standard InChI is InChI=1S/C10H8O4S2/c11-8(9-3-1-5-14-9)7-16(12,13)10-4-2-6-15-10/h1-6H,7H2. The maximum atomic E-state index is 11.7. The Morgan fingerprint density at radius 1 is 1.31 bits per heavy atom. The summed E-state index contributed by atoms with van der Waals surface area (Å²) < 4.78 is 28.5. The van der Waals surface area contributed by atoms with Gasteiger partial charge in [0.2, 0.25) is 5.78 Å². The van der Waals surface area contributed by atoms with E-state index >= 15 is 0 Å². The van der Waals surface area contributed by atoms with Gasteiger partial charge >= 0.3 is 0 Å². The number of hydrogen-bond acceptors (Lipinski definition) is 5. The number of thiophene rings is 1. The van der Waals surface area contributed by atoms with E-state index in [-0.39, 0.29) is 9.97 Å². The highest BCUT2D eigenvalue weighted by molar-refractivity contribution is 7.94. The molecule has 0 saturated carbocycles. The van der Waals surface area contributed by atoms with E-state index in [2.05, 4.69) is 0 Å². The third kappa shape index (κ3) is 2.23. The SMILES string of the molecule is O=C(CS(=O)(=O)c1cccs1)c1ccco1. The summed E-state index contributed by atoms with van der Waals surface area (Å²) in [5, 5.41) is 1.66. The molecule has 84 valence electrons. The Morgan fingerprint density at radius 3 is 2.69 bits per heavy atom. The minimum absolute atomic E-state index is 0.0696. The normalized spacial score (nSPS) is 11.5. The second-order valence-corrected chi connectivity index (χ2v) is 6.26. The zero-order valence-corrected chi connectivity index (χ0v) is 9.75. The number of rotatable bonds is 4. The van der Waals surface area contributed by atoms with Gasteiger partial charge in [-0.3, -0.25) is 4.79 Å². The summed E-state index contributed by atoms with van der Waals surface area (Å²) >= 11 is 1.10. The molecule has 0 bridgehead atoms. The monoisotopic (exact) mass is 256 g/mol. The first kappa shape index (κ1) is 11.1. The molecule has 0 saturated heterocycles. The van der Waals surface area contributed by atoms with Gasteiger partial charge in [-0.25, -0.2) is 8.42 Å². The van der Waals surface area contributed by atoms with Crippen LogP contribution in [0.25, 0.3) is 0 Å². The minimum Gasteiger partial charge on any atom is -0.461 e. The molecule has 4 nitrogen and oxygen atoms in total. The molecule has 0 atom stereocenters. The number of sulfone groups is 1. The lowest BCUT2D eigenvalue weighted by molar-refractivity contribution is 0.0990. The van der Waals surface area contributed by atoms with Crippen molar-refractivity contribution in [2.75, 3.05) is 5.75 Å². The van der Waals surface area contributed by atoms with Gasteiger partial charge in [-0.1, -0.05) is 6.07 Å². The summed E-state index contributed by atoms with van der Waals surface area (Å²) in [7, 11) is -3.53. The third-order valence-electron chi connectivity index (χ3n) is 1.92. The van der Waals surface area contributed by atoms with Crippen LogP contribution < -0.4 is 0 Å². The van der Waals surface area contributed by atoms with Crippen molar-refractivity contribution < 1.29 is 17.6 Å². The zero-order valence-electron chi connectivity index (χ0n) is 8.12. The van der Waals surface area contributed by atoms with Crippen LogP contribution in [0.1, 0.15) is 10.6 Å². The molecule has 16 heavy (non-hydrogen) atoms. The summed E-state index contributed by atoms with van der Waals surface area (Å²) in [6.45, 7) is 0. The predicted molar refractivity (Wildman–Crippen MR) is 59.4 cm³/mol. The predicted octanol–water partition coefficient (Wildman–Crippen LogP) is 2.00. The summed E-state index contributed by atoms with van der Waals surface area (Å²) in [6.07, 6.45) is 1.34. The number of Topliss-reactive ketones (excluding diaryl/α,β-unsaturated/α-hetero) is 1. The van der Waals surface area contributed by atoms with Gasteiger partial charge < -0.3 is 4.42 Å². The van der Waals surface area contributed by atoms with E-state index in [1.807, 2.05) is 0 Å². The molecule has 0 N–H and O–H groups in total. The van der Waals surface area contributed by atoms with E-state index in [0.29, 0.717) is 0 Å². The zero-order chi connectivity index (χ0) is 11.6. The average Bonchev–Trinajstić information content (AvgIpc) is 2.91. The highest BCUT2D eigenvalue weighted by Crippen LogP contribution is 2.18. The van der Waals surface area contributed by atoms with Crippen LogP contribution in [0, 0.1) is 0 Å². The second-order valence-electron chi connectivity index (χ2n) is 3.09. The average molecular weight is 256 g/mol. The van der Waals surface area contributed by atoms with E-state index < -0.39 is 21.4 Å². The topological polar surface area (TPSA) is 64.3 Å². The number of carbonyl (C=O) groups excluding carboxylic acids is 1. The molecule has 0 fully saturated rings. The fraction of sp³-hybridized carbons (Fsp3) is 0.100. The first-order valence-electron chi connectivity index (χ1n) is 4.42. The van der Waals surface area contributed by atoms with Gasteiger partial charge in [-0.05, 0) is 23.6 Å². The van der Waals surface area contributed by atoms with Crippen molar-refractivity contribution in [1.82, 2.24) is 0 Å². The molecule has 0 radical (unpaired) electrons. The molecule has 0 unspecified atom stereocenters. The number of furan rings is 1. The van der Waals surface area contributed by atoms with Crippen LogP contribution in [-0.4, -0.2) is 20.0 Å². The molecular weight excluding hydrogens is 248 g/mol. The van der Waals surface area contributed by atoms with Gasteiger partial charge in [0.25, 0.3) is 0 Å². The molecule has 2 heterocycles. The van der Waals surface area contributed by atoms with Crippen LogP contribution in [0.5, 0.6) is 0 Å². The van der Waals surface area contributed by atoms with Crippen molar-refractivity contribution in [3.63, 3.8) is 0 Å². The van der Waals surface area contributed by atoms with Crippen molar-refractivity contribution in [2.24, 2.45) is 0 Å². The smallest absolute Gasteiger partial charge is 0.213 e. The fourth-order valence-electron chi connectivity index (χ4n) is 1.19. The maximum Gasteiger partial charge on any atom is 0.213 e. The van der Waals surface area contributed by atoms with Crippen molar-refractivity contribution in [3.05, 3.63) is 41.7 Å². The molecule has 6 heteroatoms. The summed E-state index contributed by atoms with van der Waals surface area (Å²) in [5.74, 6) is -1.01. The minimum atomic E-state index is -3.53. The lowest BCUT2D eigenvalue weighted by atomic mass is 10.3. The van der Waals surface area contributed by atoms with Gasteiger partial charge in [0, 0.05) is 0 Å². The number of hydrogen-bond donors (Lipinski definition) is 0. The van der Waals surface area contributed by atoms with Crippen molar-refractivity contribution in [3.8, 4) is 0 Å². The number of ketones is 1. The molecule has 2 rings (SSSR count). The van der Waals surface area contributed by atoms with E-state index in [9.17, 15) is 13.2 Å². The summed E-state index contributed by atoms with van der Waals surface area (Å²) in [5.41, 5.74) is 0. The Kier molecular flexibility index (Phi) is 2.93. The highest BCUT2D eigenvalue weighted by Gasteiger charge is 2.22. The quantitative estimate of drug-likeness (QED) is 0.785. The lowest BCUT2D eigenvalue weighted by Gasteiger charge is -1.98. The molecule has 2 aromatic rings. The Balaban J connectivity index is 2.20. The Labute approximate surface area is 96.4 Å². The van der Waals surface area contributed by atoms with E-state index in [1.165, 1.54) is 18.4 Å². The Hall–Kier alpha value is -1.40. The van der Waals surface area contributed by atoms with Crippen molar-refractivity contribution in [1.29, 1.82) is 0 Å². The molecular formula is C10H8O4S2. The van der Waals surface area contributed by atoms with E-state index in [4.69, 9.17) is 4.42 Å².